The lowest BCUT2D eigenvalue weighted by Crippen LogP contribution is -2.22. The molecular weight excluding hydrogens is 296 g/mol. The normalized spacial score (nSPS) is 11.3. The van der Waals surface area contributed by atoms with E-state index in [1.165, 1.54) is 17.4 Å². The highest BCUT2D eigenvalue weighted by Gasteiger charge is 2.09. The zero-order valence-electron chi connectivity index (χ0n) is 12.2. The maximum absolute atomic E-state index is 11.9. The van der Waals surface area contributed by atoms with E-state index in [0.29, 0.717) is 6.54 Å². The SMILES string of the molecule is CCn1c(CNC(=O)C=Cc2nccs2)nc2ccccc21. The maximum Gasteiger partial charge on any atom is 0.244 e. The summed E-state index contributed by atoms with van der Waals surface area (Å²) in [7, 11) is 0. The molecule has 5 nitrogen and oxygen atoms in total. The second kappa shape index (κ2) is 6.53. The summed E-state index contributed by atoms with van der Waals surface area (Å²) in [6.45, 7) is 3.30. The molecule has 0 atom stereocenters. The van der Waals surface area contributed by atoms with Gasteiger partial charge < -0.3 is 9.88 Å². The van der Waals surface area contributed by atoms with Crippen LogP contribution in [0.15, 0.2) is 41.9 Å². The molecule has 0 saturated carbocycles. The zero-order valence-corrected chi connectivity index (χ0v) is 13.0. The van der Waals surface area contributed by atoms with E-state index in [1.54, 1.807) is 12.3 Å². The van der Waals surface area contributed by atoms with Crippen LogP contribution in [0.25, 0.3) is 17.1 Å². The third-order valence-corrected chi connectivity index (χ3v) is 4.04. The Balaban J connectivity index is 1.70. The molecule has 1 aromatic carbocycles. The number of amides is 1. The summed E-state index contributed by atoms with van der Waals surface area (Å²) in [4.78, 5) is 20.5. The molecule has 0 aliphatic heterocycles. The molecule has 6 heteroatoms. The Bertz CT molecular complexity index is 805. The molecule has 3 rings (SSSR count). The molecule has 1 N–H and O–H groups in total. The van der Waals surface area contributed by atoms with Crippen molar-refractivity contribution < 1.29 is 4.79 Å². The number of nitrogens with zero attached hydrogens (tertiary/aromatic N) is 3. The number of aromatic nitrogens is 3. The van der Waals surface area contributed by atoms with Crippen molar-refractivity contribution in [3.8, 4) is 0 Å². The first-order chi connectivity index (χ1) is 10.8. The van der Waals surface area contributed by atoms with Crippen molar-refractivity contribution in [1.82, 2.24) is 19.9 Å². The molecule has 0 radical (unpaired) electrons. The van der Waals surface area contributed by atoms with Crippen molar-refractivity contribution >= 4 is 34.4 Å². The third-order valence-electron chi connectivity index (χ3n) is 3.30. The summed E-state index contributed by atoms with van der Waals surface area (Å²) in [5.41, 5.74) is 2.04. The third kappa shape index (κ3) is 3.07. The Kier molecular flexibility index (Phi) is 4.29. The fourth-order valence-electron chi connectivity index (χ4n) is 2.30. The van der Waals surface area contributed by atoms with E-state index in [9.17, 15) is 4.79 Å². The monoisotopic (exact) mass is 312 g/mol. The van der Waals surface area contributed by atoms with Gasteiger partial charge in [0.2, 0.25) is 5.91 Å². The summed E-state index contributed by atoms with van der Waals surface area (Å²) in [5.74, 6) is 0.713. The van der Waals surface area contributed by atoms with E-state index >= 15 is 0 Å². The number of para-hydroxylation sites is 2. The minimum absolute atomic E-state index is 0.148. The van der Waals surface area contributed by atoms with Crippen LogP contribution in [0.5, 0.6) is 0 Å². The van der Waals surface area contributed by atoms with Gasteiger partial charge in [-0.05, 0) is 25.1 Å². The highest BCUT2D eigenvalue weighted by atomic mass is 32.1. The smallest absolute Gasteiger partial charge is 0.244 e. The fourth-order valence-corrected chi connectivity index (χ4v) is 2.83. The fraction of sp³-hybridized carbons (Fsp3) is 0.188. The molecule has 3 aromatic rings. The topological polar surface area (TPSA) is 59.8 Å². The number of rotatable bonds is 5. The summed E-state index contributed by atoms with van der Waals surface area (Å²) in [5, 5.41) is 5.56. The average Bonchev–Trinajstić information content (AvgIpc) is 3.17. The number of carbonyl (C=O) groups is 1. The van der Waals surface area contributed by atoms with E-state index in [4.69, 9.17) is 0 Å². The molecule has 0 spiro atoms. The number of benzene rings is 1. The van der Waals surface area contributed by atoms with Gasteiger partial charge in [-0.25, -0.2) is 9.97 Å². The summed E-state index contributed by atoms with van der Waals surface area (Å²) < 4.78 is 2.11. The molecule has 2 heterocycles. The van der Waals surface area contributed by atoms with Crippen molar-refractivity contribution in [3.63, 3.8) is 0 Å². The van der Waals surface area contributed by atoms with Crippen LogP contribution in [0.1, 0.15) is 17.8 Å². The standard InChI is InChI=1S/C16H16N4OS/c1-2-20-13-6-4-3-5-12(13)19-14(20)11-18-15(21)7-8-16-17-9-10-22-16/h3-10H,2,11H2,1H3,(H,18,21). The lowest BCUT2D eigenvalue weighted by atomic mass is 10.3. The van der Waals surface area contributed by atoms with E-state index < -0.39 is 0 Å². The Morgan fingerprint density at radius 3 is 3.05 bits per heavy atom. The second-order valence-corrected chi connectivity index (χ2v) is 5.61. The van der Waals surface area contributed by atoms with Gasteiger partial charge in [0.25, 0.3) is 0 Å². The maximum atomic E-state index is 11.9. The van der Waals surface area contributed by atoms with Gasteiger partial charge in [-0.3, -0.25) is 4.79 Å². The number of carbonyl (C=O) groups excluding carboxylic acids is 1. The van der Waals surface area contributed by atoms with E-state index in [2.05, 4.69) is 26.8 Å². The van der Waals surface area contributed by atoms with Crippen LogP contribution in [0.3, 0.4) is 0 Å². The first-order valence-corrected chi connectivity index (χ1v) is 7.95. The zero-order chi connectivity index (χ0) is 15.4. The predicted octanol–water partition coefficient (Wildman–Crippen LogP) is 2.84. The van der Waals surface area contributed by atoms with Crippen molar-refractivity contribution in [2.24, 2.45) is 0 Å². The molecule has 2 aromatic heterocycles. The van der Waals surface area contributed by atoms with Crippen molar-refractivity contribution in [3.05, 3.63) is 52.8 Å². The molecule has 0 aliphatic carbocycles. The predicted molar refractivity (Wildman–Crippen MR) is 88.4 cm³/mol. The highest BCUT2D eigenvalue weighted by Crippen LogP contribution is 2.15. The quantitative estimate of drug-likeness (QED) is 0.737. The van der Waals surface area contributed by atoms with Gasteiger partial charge in [0.05, 0.1) is 17.6 Å². The summed E-state index contributed by atoms with van der Waals surface area (Å²) >= 11 is 1.49. The molecule has 0 bridgehead atoms. The van der Waals surface area contributed by atoms with E-state index in [1.807, 2.05) is 29.6 Å². The van der Waals surface area contributed by atoms with Crippen molar-refractivity contribution in [2.75, 3.05) is 0 Å². The first kappa shape index (κ1) is 14.5. The molecular formula is C16H16N4OS. The highest BCUT2D eigenvalue weighted by molar-refractivity contribution is 7.10. The van der Waals surface area contributed by atoms with Crippen molar-refractivity contribution in [1.29, 1.82) is 0 Å². The number of fused-ring (bicyclic) bond motifs is 1. The molecule has 112 valence electrons. The average molecular weight is 312 g/mol. The molecule has 1 amide bonds. The second-order valence-electron chi connectivity index (χ2n) is 4.68. The van der Waals surface area contributed by atoms with E-state index in [0.717, 1.165) is 28.4 Å². The van der Waals surface area contributed by atoms with Crippen molar-refractivity contribution in [2.45, 2.75) is 20.0 Å². The van der Waals surface area contributed by atoms with Crippen LogP contribution in [0.4, 0.5) is 0 Å². The van der Waals surface area contributed by atoms with Gasteiger partial charge >= 0.3 is 0 Å². The molecule has 0 unspecified atom stereocenters. The molecule has 0 aliphatic rings. The Morgan fingerprint density at radius 1 is 1.41 bits per heavy atom. The Morgan fingerprint density at radius 2 is 2.27 bits per heavy atom. The number of thiazole rings is 1. The summed E-state index contributed by atoms with van der Waals surface area (Å²) in [6, 6.07) is 7.98. The van der Waals surface area contributed by atoms with Crippen LogP contribution >= 0.6 is 11.3 Å². The Hall–Kier alpha value is -2.47. The van der Waals surface area contributed by atoms with Crippen LogP contribution in [-0.2, 0) is 17.9 Å². The van der Waals surface area contributed by atoms with Crippen LogP contribution in [-0.4, -0.2) is 20.4 Å². The number of hydrogen-bond donors (Lipinski definition) is 1. The van der Waals surface area contributed by atoms with E-state index in [-0.39, 0.29) is 5.91 Å². The number of imidazole rings is 1. The lowest BCUT2D eigenvalue weighted by molar-refractivity contribution is -0.116. The molecule has 0 saturated heterocycles. The summed E-state index contributed by atoms with van der Waals surface area (Å²) in [6.07, 6.45) is 4.92. The number of hydrogen-bond acceptors (Lipinski definition) is 4. The largest absolute Gasteiger partial charge is 0.345 e. The van der Waals surface area contributed by atoms with Gasteiger partial charge in [0.15, 0.2) is 0 Å². The lowest BCUT2D eigenvalue weighted by Gasteiger charge is -2.06. The van der Waals surface area contributed by atoms with Gasteiger partial charge in [0, 0.05) is 24.2 Å². The minimum Gasteiger partial charge on any atom is -0.345 e. The van der Waals surface area contributed by atoms with Gasteiger partial charge in [0.1, 0.15) is 10.8 Å². The Labute approximate surface area is 132 Å². The minimum atomic E-state index is -0.148. The van der Waals surface area contributed by atoms with Crippen LogP contribution in [0, 0.1) is 0 Å². The first-order valence-electron chi connectivity index (χ1n) is 7.07. The number of nitrogens with one attached hydrogen (secondary N) is 1. The molecule has 22 heavy (non-hydrogen) atoms. The van der Waals surface area contributed by atoms with Crippen LogP contribution in [0.2, 0.25) is 0 Å². The van der Waals surface area contributed by atoms with Gasteiger partial charge in [-0.15, -0.1) is 11.3 Å². The molecule has 0 fully saturated rings. The van der Waals surface area contributed by atoms with Gasteiger partial charge in [-0.2, -0.15) is 0 Å². The van der Waals surface area contributed by atoms with Crippen LogP contribution < -0.4 is 5.32 Å². The number of aryl methyl sites for hydroxylation is 1. The van der Waals surface area contributed by atoms with Gasteiger partial charge in [-0.1, -0.05) is 12.1 Å².